The summed E-state index contributed by atoms with van der Waals surface area (Å²) in [5, 5.41) is 12.3. The molecule has 7 heteroatoms. The number of amides is 1. The highest BCUT2D eigenvalue weighted by atomic mass is 35.5. The van der Waals surface area contributed by atoms with Gasteiger partial charge in [0.15, 0.2) is 0 Å². The zero-order chi connectivity index (χ0) is 18.9. The molecule has 6 nitrogen and oxygen atoms in total. The second-order valence-corrected chi connectivity index (χ2v) is 5.99. The van der Waals surface area contributed by atoms with E-state index < -0.39 is 5.91 Å². The van der Waals surface area contributed by atoms with E-state index in [1.54, 1.807) is 36.8 Å². The van der Waals surface area contributed by atoms with Crippen molar-refractivity contribution in [1.29, 1.82) is 5.26 Å². The number of halogens is 1. The minimum absolute atomic E-state index is 0.0227. The van der Waals surface area contributed by atoms with Crippen LogP contribution in [0.3, 0.4) is 0 Å². The van der Waals surface area contributed by atoms with Crippen molar-refractivity contribution in [3.8, 4) is 6.07 Å². The van der Waals surface area contributed by atoms with E-state index >= 15 is 0 Å². The van der Waals surface area contributed by atoms with Crippen LogP contribution in [0.2, 0.25) is 5.02 Å². The molecule has 0 saturated heterocycles. The van der Waals surface area contributed by atoms with E-state index in [9.17, 15) is 10.1 Å². The molecule has 0 bridgehead atoms. The Kier molecular flexibility index (Phi) is 7.01. The molecule has 0 spiro atoms. The number of nitriles is 1. The Morgan fingerprint density at radius 3 is 2.73 bits per heavy atom. The van der Waals surface area contributed by atoms with E-state index in [4.69, 9.17) is 17.3 Å². The third kappa shape index (κ3) is 5.50. The largest absolute Gasteiger partial charge is 0.398 e. The molecular weight excluding hydrogens is 350 g/mol. The number of likely N-dealkylation sites (N-methyl/N-ethyl adjacent to an activating group) is 1. The average molecular weight is 370 g/mol. The first kappa shape index (κ1) is 19.3. The summed E-state index contributed by atoms with van der Waals surface area (Å²) < 4.78 is 0. The second kappa shape index (κ2) is 9.44. The van der Waals surface area contributed by atoms with Crippen LogP contribution in [0.4, 0.5) is 11.4 Å². The number of carbonyl (C=O) groups is 1. The maximum atomic E-state index is 12.4. The molecule has 2 rings (SSSR count). The third-order valence-corrected chi connectivity index (χ3v) is 4.11. The van der Waals surface area contributed by atoms with E-state index in [1.165, 1.54) is 0 Å². The molecule has 1 aromatic heterocycles. The van der Waals surface area contributed by atoms with Crippen molar-refractivity contribution in [1.82, 2.24) is 9.88 Å². The number of hydrogen-bond donors (Lipinski definition) is 2. The van der Waals surface area contributed by atoms with Crippen molar-refractivity contribution in [3.63, 3.8) is 0 Å². The number of nitrogens with one attached hydrogen (secondary N) is 1. The van der Waals surface area contributed by atoms with Gasteiger partial charge in [0.1, 0.15) is 11.6 Å². The number of anilines is 2. The molecule has 1 amide bonds. The summed E-state index contributed by atoms with van der Waals surface area (Å²) in [6.45, 7) is 3.33. The predicted molar refractivity (Wildman–Crippen MR) is 103 cm³/mol. The topological polar surface area (TPSA) is 95.0 Å². The number of benzene rings is 1. The van der Waals surface area contributed by atoms with Crippen LogP contribution in [0.15, 0.2) is 54.5 Å². The Morgan fingerprint density at radius 2 is 2.12 bits per heavy atom. The number of pyridine rings is 1. The quantitative estimate of drug-likeness (QED) is 0.444. The van der Waals surface area contributed by atoms with Crippen LogP contribution in [-0.4, -0.2) is 28.9 Å². The van der Waals surface area contributed by atoms with Crippen LogP contribution < -0.4 is 11.1 Å². The lowest BCUT2D eigenvalue weighted by Crippen LogP contribution is -2.23. The molecule has 1 heterocycles. The van der Waals surface area contributed by atoms with Gasteiger partial charge in [-0.15, -0.1) is 0 Å². The number of hydrogen-bond acceptors (Lipinski definition) is 5. The maximum Gasteiger partial charge on any atom is 0.267 e. The number of nitrogens with two attached hydrogens (primary N) is 1. The van der Waals surface area contributed by atoms with Gasteiger partial charge in [-0.2, -0.15) is 5.26 Å². The van der Waals surface area contributed by atoms with E-state index in [1.807, 2.05) is 30.0 Å². The minimum atomic E-state index is -0.490. The molecule has 134 valence electrons. The first-order valence-corrected chi connectivity index (χ1v) is 8.52. The molecular formula is C19H20ClN5O. The highest BCUT2D eigenvalue weighted by molar-refractivity contribution is 6.33. The number of nitrogen functional groups attached to an aromatic ring is 1. The van der Waals surface area contributed by atoms with E-state index in [-0.39, 0.29) is 5.57 Å². The van der Waals surface area contributed by atoms with Crippen molar-refractivity contribution < 1.29 is 4.79 Å². The van der Waals surface area contributed by atoms with Crippen LogP contribution in [-0.2, 0) is 11.2 Å². The van der Waals surface area contributed by atoms with Gasteiger partial charge in [-0.1, -0.05) is 11.6 Å². The summed E-state index contributed by atoms with van der Waals surface area (Å²) in [5.74, 6) is -0.490. The molecule has 3 N–H and O–H groups in total. The monoisotopic (exact) mass is 369 g/mol. The van der Waals surface area contributed by atoms with Gasteiger partial charge in [-0.3, -0.25) is 9.78 Å². The molecule has 0 saturated carbocycles. The molecule has 26 heavy (non-hydrogen) atoms. The Labute approximate surface area is 157 Å². The Bertz CT molecular complexity index is 830. The van der Waals surface area contributed by atoms with Crippen molar-refractivity contribution >= 4 is 28.9 Å². The van der Waals surface area contributed by atoms with Gasteiger partial charge in [0.05, 0.1) is 10.7 Å². The van der Waals surface area contributed by atoms with E-state index in [0.717, 1.165) is 12.0 Å². The Morgan fingerprint density at radius 1 is 1.38 bits per heavy atom. The first-order valence-electron chi connectivity index (χ1n) is 8.14. The van der Waals surface area contributed by atoms with Crippen molar-refractivity contribution in [2.45, 2.75) is 13.3 Å². The highest BCUT2D eigenvalue weighted by Crippen LogP contribution is 2.22. The lowest BCUT2D eigenvalue weighted by molar-refractivity contribution is -0.112. The smallest absolute Gasteiger partial charge is 0.267 e. The second-order valence-electron chi connectivity index (χ2n) is 5.58. The summed E-state index contributed by atoms with van der Waals surface area (Å²) in [7, 11) is 0. The van der Waals surface area contributed by atoms with E-state index in [2.05, 4.69) is 10.3 Å². The van der Waals surface area contributed by atoms with Crippen LogP contribution in [0, 0.1) is 11.3 Å². The molecule has 0 aliphatic carbocycles. The summed E-state index contributed by atoms with van der Waals surface area (Å²) in [6.07, 6.45) is 5.86. The lowest BCUT2D eigenvalue weighted by atomic mass is 10.2. The summed E-state index contributed by atoms with van der Waals surface area (Å²) in [5.41, 5.74) is 7.73. The number of nitrogens with zero attached hydrogens (tertiary/aromatic N) is 3. The van der Waals surface area contributed by atoms with Gasteiger partial charge in [0.25, 0.3) is 5.91 Å². The molecule has 0 radical (unpaired) electrons. The minimum Gasteiger partial charge on any atom is -0.398 e. The van der Waals surface area contributed by atoms with Crippen LogP contribution >= 0.6 is 11.6 Å². The zero-order valence-electron chi connectivity index (χ0n) is 14.4. The number of carbonyl (C=O) groups excluding carboxylic acids is 1. The first-order chi connectivity index (χ1) is 12.5. The highest BCUT2D eigenvalue weighted by Gasteiger charge is 2.12. The van der Waals surface area contributed by atoms with Crippen molar-refractivity contribution in [2.75, 3.05) is 24.1 Å². The molecule has 0 aliphatic heterocycles. The summed E-state index contributed by atoms with van der Waals surface area (Å²) >= 11 is 5.95. The van der Waals surface area contributed by atoms with Crippen LogP contribution in [0.1, 0.15) is 12.5 Å². The van der Waals surface area contributed by atoms with Crippen molar-refractivity contribution in [2.24, 2.45) is 0 Å². The summed E-state index contributed by atoms with van der Waals surface area (Å²) in [6, 6.07) is 10.6. The molecule has 0 fully saturated rings. The molecule has 1 aromatic carbocycles. The third-order valence-electron chi connectivity index (χ3n) is 3.78. The Balaban J connectivity index is 2.04. The fraction of sp³-hybridized carbons (Fsp3) is 0.211. The lowest BCUT2D eigenvalue weighted by Gasteiger charge is -2.18. The number of aromatic nitrogens is 1. The fourth-order valence-corrected chi connectivity index (χ4v) is 2.44. The fourth-order valence-electron chi connectivity index (χ4n) is 2.26. The predicted octanol–water partition coefficient (Wildman–Crippen LogP) is 3.23. The van der Waals surface area contributed by atoms with Gasteiger partial charge in [-0.05, 0) is 49.2 Å². The molecule has 2 aromatic rings. The standard InChI is InChI=1S/C19H20ClN5O/c1-2-25(10-7-14-5-8-23-9-6-14)13-15(12-21)19(26)24-16-3-4-18(22)17(20)11-16/h3-6,8-9,11,13H,2,7,10,22H2,1H3,(H,24,26)/b15-13-. The average Bonchev–Trinajstić information content (AvgIpc) is 2.65. The van der Waals surface area contributed by atoms with Crippen LogP contribution in [0.5, 0.6) is 0 Å². The Hall–Kier alpha value is -3.04. The van der Waals surface area contributed by atoms with Gasteiger partial charge >= 0.3 is 0 Å². The molecule has 0 atom stereocenters. The van der Waals surface area contributed by atoms with Crippen LogP contribution in [0.25, 0.3) is 0 Å². The summed E-state index contributed by atoms with van der Waals surface area (Å²) in [4.78, 5) is 18.3. The van der Waals surface area contributed by atoms with Gasteiger partial charge in [-0.25, -0.2) is 0 Å². The van der Waals surface area contributed by atoms with Gasteiger partial charge in [0.2, 0.25) is 0 Å². The van der Waals surface area contributed by atoms with Crippen molar-refractivity contribution in [3.05, 3.63) is 65.1 Å². The number of rotatable bonds is 7. The SMILES string of the molecule is CCN(/C=C(/C#N)C(=O)Nc1ccc(N)c(Cl)c1)CCc1ccncc1. The normalized spacial score (nSPS) is 10.9. The molecule has 0 unspecified atom stereocenters. The molecule has 0 aliphatic rings. The van der Waals surface area contributed by atoms with E-state index in [0.29, 0.717) is 29.5 Å². The zero-order valence-corrected chi connectivity index (χ0v) is 15.2. The van der Waals surface area contributed by atoms with Gasteiger partial charge in [0, 0.05) is 37.4 Å². The van der Waals surface area contributed by atoms with Gasteiger partial charge < -0.3 is 16.0 Å². The maximum absolute atomic E-state index is 12.4.